The van der Waals surface area contributed by atoms with Gasteiger partial charge in [-0.1, -0.05) is 0 Å². The van der Waals surface area contributed by atoms with E-state index in [9.17, 15) is 18.0 Å². The molecule has 0 atom stereocenters. The molecule has 1 N–H and O–H groups in total. The number of nitrogens with one attached hydrogen (secondary N) is 1. The minimum absolute atomic E-state index is 0.0522. The third-order valence-corrected chi connectivity index (χ3v) is 4.91. The zero-order valence-corrected chi connectivity index (χ0v) is 13.8. The van der Waals surface area contributed by atoms with E-state index >= 15 is 0 Å². The van der Waals surface area contributed by atoms with Crippen LogP contribution in [0.4, 0.5) is 19.0 Å². The van der Waals surface area contributed by atoms with Crippen molar-refractivity contribution in [2.24, 2.45) is 0 Å². The molecule has 1 spiro atoms. The molecule has 0 aliphatic carbocycles. The van der Waals surface area contributed by atoms with Crippen LogP contribution in [-0.4, -0.2) is 54.1 Å². The molecule has 2 aliphatic heterocycles. The Morgan fingerprint density at radius 1 is 1.27 bits per heavy atom. The predicted octanol–water partition coefficient (Wildman–Crippen LogP) is 1.87. The Kier molecular flexibility index (Phi) is 3.65. The summed E-state index contributed by atoms with van der Waals surface area (Å²) in [7, 11) is 1.21. The summed E-state index contributed by atoms with van der Waals surface area (Å²) in [5.74, 6) is -3.75. The smallest absolute Gasteiger partial charge is 0.358 e. The van der Waals surface area contributed by atoms with E-state index in [0.29, 0.717) is 5.56 Å². The van der Waals surface area contributed by atoms with Crippen molar-refractivity contribution in [3.05, 3.63) is 42.0 Å². The molecule has 1 aromatic heterocycles. The maximum atomic E-state index is 14.2. The van der Waals surface area contributed by atoms with E-state index in [1.165, 1.54) is 42.5 Å². The molecule has 0 radical (unpaired) electrons. The van der Waals surface area contributed by atoms with Crippen LogP contribution in [0.2, 0.25) is 0 Å². The molecule has 2 saturated heterocycles. The van der Waals surface area contributed by atoms with Gasteiger partial charge in [-0.15, -0.1) is 0 Å². The highest BCUT2D eigenvalue weighted by Gasteiger charge is 2.70. The van der Waals surface area contributed by atoms with Crippen LogP contribution in [0, 0.1) is 5.82 Å². The van der Waals surface area contributed by atoms with Gasteiger partial charge in [0.2, 0.25) is 0 Å². The quantitative estimate of drug-likeness (QED) is 0.839. The summed E-state index contributed by atoms with van der Waals surface area (Å²) < 4.78 is 46.2. The number of halogens is 3. The summed E-state index contributed by atoms with van der Waals surface area (Å²) in [4.78, 5) is 21.8. The highest BCUT2D eigenvalue weighted by Crippen LogP contribution is 2.50. The van der Waals surface area contributed by atoms with Crippen LogP contribution in [0.5, 0.6) is 0 Å². The lowest BCUT2D eigenvalue weighted by molar-refractivity contribution is -0.147. The Morgan fingerprint density at radius 2 is 1.96 bits per heavy atom. The number of nitrogens with zero attached hydrogens (tertiary/aromatic N) is 3. The van der Waals surface area contributed by atoms with Gasteiger partial charge < -0.3 is 15.0 Å². The molecule has 4 rings (SSSR count). The lowest BCUT2D eigenvalue weighted by atomic mass is 9.75. The van der Waals surface area contributed by atoms with E-state index < -0.39 is 29.8 Å². The molecular weight excluding hydrogens is 349 g/mol. The fourth-order valence-corrected chi connectivity index (χ4v) is 3.28. The number of alkyl halides is 2. The lowest BCUT2D eigenvalue weighted by Crippen LogP contribution is -2.87. The molecule has 0 unspecified atom stereocenters. The van der Waals surface area contributed by atoms with E-state index in [-0.39, 0.29) is 30.3 Å². The number of esters is 1. The highest BCUT2D eigenvalue weighted by molar-refractivity contribution is 5.88. The van der Waals surface area contributed by atoms with Crippen molar-refractivity contribution in [2.75, 3.05) is 31.6 Å². The number of anilines is 1. The lowest BCUT2D eigenvalue weighted by Gasteiger charge is -2.63. The molecule has 9 heteroatoms. The maximum Gasteiger partial charge on any atom is 0.358 e. The molecule has 0 bridgehead atoms. The Morgan fingerprint density at radius 3 is 2.50 bits per heavy atom. The van der Waals surface area contributed by atoms with Crippen molar-refractivity contribution < 1.29 is 22.7 Å². The van der Waals surface area contributed by atoms with E-state index in [2.05, 4.69) is 20.0 Å². The van der Waals surface area contributed by atoms with Crippen molar-refractivity contribution in [2.45, 2.75) is 11.5 Å². The molecular formula is C17H15F3N4O2. The van der Waals surface area contributed by atoms with Crippen LogP contribution in [-0.2, 0) is 4.74 Å². The first-order chi connectivity index (χ1) is 12.4. The highest BCUT2D eigenvalue weighted by atomic mass is 19.3. The van der Waals surface area contributed by atoms with E-state index in [1.807, 2.05) is 0 Å². The van der Waals surface area contributed by atoms with Crippen LogP contribution < -0.4 is 10.2 Å². The van der Waals surface area contributed by atoms with Gasteiger partial charge in [0.25, 0.3) is 5.92 Å². The molecule has 6 nitrogen and oxygen atoms in total. The van der Waals surface area contributed by atoms with Crippen molar-refractivity contribution in [1.29, 1.82) is 0 Å². The molecule has 3 heterocycles. The van der Waals surface area contributed by atoms with E-state index in [4.69, 9.17) is 0 Å². The second-order valence-electron chi connectivity index (χ2n) is 6.35. The molecule has 0 amide bonds. The van der Waals surface area contributed by atoms with Crippen LogP contribution in [0.3, 0.4) is 0 Å². The Labute approximate surface area is 147 Å². The summed E-state index contributed by atoms with van der Waals surface area (Å²) >= 11 is 0. The number of benzene rings is 1. The van der Waals surface area contributed by atoms with Gasteiger partial charge in [0.1, 0.15) is 17.1 Å². The van der Waals surface area contributed by atoms with Crippen molar-refractivity contribution in [3.8, 4) is 11.3 Å². The summed E-state index contributed by atoms with van der Waals surface area (Å²) in [5.41, 5.74) is -0.695. The fourth-order valence-electron chi connectivity index (χ4n) is 3.28. The average Bonchev–Trinajstić information content (AvgIpc) is 2.58. The Balaban J connectivity index is 1.82. The first kappa shape index (κ1) is 16.8. The molecule has 2 aliphatic rings. The van der Waals surface area contributed by atoms with Gasteiger partial charge >= 0.3 is 5.97 Å². The van der Waals surface area contributed by atoms with Crippen LogP contribution in [0.15, 0.2) is 30.5 Å². The van der Waals surface area contributed by atoms with Gasteiger partial charge in [0.05, 0.1) is 19.9 Å². The number of ether oxygens (including phenoxy) is 1. The van der Waals surface area contributed by atoms with Gasteiger partial charge in [-0.3, -0.25) is 0 Å². The number of rotatable bonds is 3. The second-order valence-corrected chi connectivity index (χ2v) is 6.35. The molecule has 2 fully saturated rings. The normalized spacial score (nSPS) is 19.6. The minimum Gasteiger partial charge on any atom is -0.464 e. The largest absolute Gasteiger partial charge is 0.464 e. The number of carbonyl (C=O) groups is 1. The number of hydrogen-bond acceptors (Lipinski definition) is 6. The maximum absolute atomic E-state index is 14.2. The second kappa shape index (κ2) is 5.66. The topological polar surface area (TPSA) is 67.3 Å². The third-order valence-electron chi connectivity index (χ3n) is 4.91. The molecule has 2 aromatic rings. The standard InChI is InChI=1S/C17H15F3N4O2/c1-26-15(25)12-6-22-14(13(23-12)10-2-4-11(18)5-3-10)24-9-17(19,20)16(24)7-21-8-16/h2-6,21H,7-9H2,1H3. The zero-order chi connectivity index (χ0) is 18.5. The van der Waals surface area contributed by atoms with E-state index in [1.54, 1.807) is 0 Å². The average molecular weight is 364 g/mol. The fraction of sp³-hybridized carbons (Fsp3) is 0.353. The zero-order valence-electron chi connectivity index (χ0n) is 13.8. The predicted molar refractivity (Wildman–Crippen MR) is 86.7 cm³/mol. The van der Waals surface area contributed by atoms with Gasteiger partial charge in [-0.2, -0.15) is 0 Å². The van der Waals surface area contributed by atoms with Gasteiger partial charge in [-0.25, -0.2) is 27.9 Å². The number of methoxy groups -OCH3 is 1. The van der Waals surface area contributed by atoms with E-state index in [0.717, 1.165) is 0 Å². The first-order valence-corrected chi connectivity index (χ1v) is 7.95. The van der Waals surface area contributed by atoms with Gasteiger partial charge in [-0.05, 0) is 24.3 Å². The molecule has 26 heavy (non-hydrogen) atoms. The van der Waals surface area contributed by atoms with Crippen molar-refractivity contribution in [1.82, 2.24) is 15.3 Å². The number of carbonyl (C=O) groups excluding carboxylic acids is 1. The van der Waals surface area contributed by atoms with Crippen LogP contribution >= 0.6 is 0 Å². The summed E-state index contributed by atoms with van der Waals surface area (Å²) in [6, 6.07) is 5.40. The summed E-state index contributed by atoms with van der Waals surface area (Å²) in [6.45, 7) is -0.234. The monoisotopic (exact) mass is 364 g/mol. The molecule has 1 aromatic carbocycles. The van der Waals surface area contributed by atoms with Gasteiger partial charge in [0, 0.05) is 18.7 Å². The summed E-state index contributed by atoms with van der Waals surface area (Å²) in [6.07, 6.45) is 1.20. The third kappa shape index (κ3) is 2.27. The Hall–Kier alpha value is -2.68. The number of hydrogen-bond donors (Lipinski definition) is 1. The first-order valence-electron chi connectivity index (χ1n) is 7.95. The van der Waals surface area contributed by atoms with Crippen LogP contribution in [0.1, 0.15) is 10.5 Å². The molecule has 136 valence electrons. The summed E-state index contributed by atoms with van der Waals surface area (Å²) in [5, 5.41) is 2.87. The molecule has 0 saturated carbocycles. The van der Waals surface area contributed by atoms with Crippen LogP contribution in [0.25, 0.3) is 11.3 Å². The minimum atomic E-state index is -2.85. The SMILES string of the molecule is COC(=O)c1cnc(N2CC(F)(F)C23CNC3)c(-c2ccc(F)cc2)n1. The van der Waals surface area contributed by atoms with Crippen molar-refractivity contribution in [3.63, 3.8) is 0 Å². The van der Waals surface area contributed by atoms with Gasteiger partial charge in [0.15, 0.2) is 11.5 Å². The Bertz CT molecular complexity index is 869. The van der Waals surface area contributed by atoms with Crippen molar-refractivity contribution >= 4 is 11.8 Å². The number of aromatic nitrogens is 2.